The number of aryl methyl sites for hydroxylation is 1. The Morgan fingerprint density at radius 1 is 0.875 bits per heavy atom. The number of fused-ring (bicyclic) bond motifs is 5. The van der Waals surface area contributed by atoms with Crippen molar-refractivity contribution in [1.29, 1.82) is 0 Å². The Morgan fingerprint density at radius 2 is 1.50 bits per heavy atom. The number of hydrogen-bond acceptors (Lipinski definition) is 2. The standard InChI is InChI=1S/C27H25F3N2/c1-5-26(4)18(3)25-31(21-12-8-6-10-17(21)2)24-16-19(27(28,29)30)14-15-23(24)32(25)22-13-9-7-11-20(22)26/h5-16,18,25H,1H2,2-4H3. The number of benzene rings is 3. The van der Waals surface area contributed by atoms with E-state index in [9.17, 15) is 13.2 Å². The number of rotatable bonds is 2. The molecule has 2 nitrogen and oxygen atoms in total. The fourth-order valence-electron chi connectivity index (χ4n) is 5.31. The van der Waals surface area contributed by atoms with Crippen LogP contribution in [0.5, 0.6) is 0 Å². The van der Waals surface area contributed by atoms with Gasteiger partial charge in [-0.15, -0.1) is 6.58 Å². The highest BCUT2D eigenvalue weighted by molar-refractivity contribution is 5.91. The van der Waals surface area contributed by atoms with Gasteiger partial charge in [-0.25, -0.2) is 0 Å². The first-order chi connectivity index (χ1) is 15.2. The van der Waals surface area contributed by atoms with Crippen molar-refractivity contribution in [2.24, 2.45) is 5.92 Å². The molecule has 0 aliphatic carbocycles. The molecule has 3 unspecified atom stereocenters. The van der Waals surface area contributed by atoms with Crippen molar-refractivity contribution >= 4 is 22.7 Å². The first kappa shape index (κ1) is 20.7. The normalized spacial score (nSPS) is 24.1. The number of hydrogen-bond donors (Lipinski definition) is 0. The van der Waals surface area contributed by atoms with Crippen LogP contribution in [0.3, 0.4) is 0 Å². The van der Waals surface area contributed by atoms with E-state index in [4.69, 9.17) is 0 Å². The molecule has 2 aliphatic rings. The second-order valence-corrected chi connectivity index (χ2v) is 8.93. The van der Waals surface area contributed by atoms with Gasteiger partial charge in [0.05, 0.1) is 16.9 Å². The van der Waals surface area contributed by atoms with Crippen LogP contribution in [-0.4, -0.2) is 6.17 Å². The van der Waals surface area contributed by atoms with E-state index in [2.05, 4.69) is 42.4 Å². The molecule has 0 saturated carbocycles. The zero-order valence-corrected chi connectivity index (χ0v) is 18.3. The summed E-state index contributed by atoms with van der Waals surface area (Å²) in [5, 5.41) is 0. The van der Waals surface area contributed by atoms with Crippen LogP contribution in [0.2, 0.25) is 0 Å². The Bertz CT molecular complexity index is 1220. The minimum absolute atomic E-state index is 0.0521. The van der Waals surface area contributed by atoms with Gasteiger partial charge in [0.25, 0.3) is 0 Å². The van der Waals surface area contributed by atoms with Gasteiger partial charge in [-0.05, 0) is 48.4 Å². The van der Waals surface area contributed by atoms with Crippen molar-refractivity contribution in [3.63, 3.8) is 0 Å². The molecule has 2 heterocycles. The SMILES string of the molecule is C=CC1(C)c2ccccc2N2c3ccc(C(F)(F)F)cc3N(c3ccccc3C)C2C1C. The summed E-state index contributed by atoms with van der Waals surface area (Å²) in [4.78, 5) is 4.29. The lowest BCUT2D eigenvalue weighted by Gasteiger charge is -2.50. The fraction of sp³-hybridized carbons (Fsp3) is 0.259. The predicted molar refractivity (Wildman–Crippen MR) is 124 cm³/mol. The maximum absolute atomic E-state index is 13.7. The van der Waals surface area contributed by atoms with Crippen molar-refractivity contribution in [3.8, 4) is 0 Å². The van der Waals surface area contributed by atoms with E-state index in [1.54, 1.807) is 6.07 Å². The third-order valence-electron chi connectivity index (χ3n) is 7.29. The summed E-state index contributed by atoms with van der Waals surface area (Å²) in [6, 6.07) is 20.1. The summed E-state index contributed by atoms with van der Waals surface area (Å²) in [5.74, 6) is 0.0521. The molecule has 164 valence electrons. The Hall–Kier alpha value is -3.21. The lowest BCUT2D eigenvalue weighted by molar-refractivity contribution is -0.137. The molecule has 0 spiro atoms. The van der Waals surface area contributed by atoms with Crippen LogP contribution in [0.15, 0.2) is 79.4 Å². The van der Waals surface area contributed by atoms with Crippen LogP contribution in [-0.2, 0) is 11.6 Å². The molecule has 3 atom stereocenters. The third kappa shape index (κ3) is 2.73. The summed E-state index contributed by atoms with van der Waals surface area (Å²) in [7, 11) is 0. The lowest BCUT2D eigenvalue weighted by atomic mass is 9.67. The average molecular weight is 435 g/mol. The van der Waals surface area contributed by atoms with E-state index >= 15 is 0 Å². The molecule has 5 heteroatoms. The predicted octanol–water partition coefficient (Wildman–Crippen LogP) is 7.72. The molecular weight excluding hydrogens is 409 g/mol. The first-order valence-electron chi connectivity index (χ1n) is 10.8. The van der Waals surface area contributed by atoms with Crippen molar-refractivity contribution in [3.05, 3.63) is 96.1 Å². The van der Waals surface area contributed by atoms with Crippen LogP contribution >= 0.6 is 0 Å². The fourth-order valence-corrected chi connectivity index (χ4v) is 5.31. The number of anilines is 4. The topological polar surface area (TPSA) is 6.48 Å². The summed E-state index contributed by atoms with van der Waals surface area (Å²) < 4.78 is 41.1. The molecular formula is C27H25F3N2. The van der Waals surface area contributed by atoms with Crippen molar-refractivity contribution in [2.75, 3.05) is 9.80 Å². The Kier molecular flexibility index (Phi) is 4.45. The number of para-hydroxylation sites is 2. The zero-order chi connectivity index (χ0) is 22.8. The van der Waals surface area contributed by atoms with Crippen LogP contribution in [0.1, 0.15) is 30.5 Å². The monoisotopic (exact) mass is 434 g/mol. The molecule has 0 saturated heterocycles. The molecule has 0 N–H and O–H groups in total. The highest BCUT2D eigenvalue weighted by atomic mass is 19.4. The van der Waals surface area contributed by atoms with Crippen LogP contribution < -0.4 is 9.80 Å². The smallest absolute Gasteiger partial charge is 0.318 e. The summed E-state index contributed by atoms with van der Waals surface area (Å²) in [6.45, 7) is 10.5. The second-order valence-electron chi connectivity index (χ2n) is 8.93. The molecule has 32 heavy (non-hydrogen) atoms. The van der Waals surface area contributed by atoms with E-state index in [1.165, 1.54) is 12.1 Å². The van der Waals surface area contributed by atoms with Gasteiger partial charge in [-0.3, -0.25) is 0 Å². The van der Waals surface area contributed by atoms with Crippen LogP contribution in [0.25, 0.3) is 0 Å². The molecule has 0 amide bonds. The molecule has 3 aromatic carbocycles. The summed E-state index contributed by atoms with van der Waals surface area (Å²) >= 11 is 0. The van der Waals surface area contributed by atoms with Gasteiger partial charge >= 0.3 is 6.18 Å². The highest BCUT2D eigenvalue weighted by Crippen LogP contribution is 2.58. The number of halogens is 3. The number of nitrogens with zero attached hydrogens (tertiary/aromatic N) is 2. The van der Waals surface area contributed by atoms with Crippen molar-refractivity contribution in [2.45, 2.75) is 38.5 Å². The molecule has 5 rings (SSSR count). The van der Waals surface area contributed by atoms with Gasteiger partial charge in [0, 0.05) is 22.7 Å². The molecule has 0 radical (unpaired) electrons. The van der Waals surface area contributed by atoms with Crippen molar-refractivity contribution < 1.29 is 13.2 Å². The molecule has 0 bridgehead atoms. The zero-order valence-electron chi connectivity index (χ0n) is 18.3. The van der Waals surface area contributed by atoms with Crippen LogP contribution in [0.4, 0.5) is 35.9 Å². The van der Waals surface area contributed by atoms with Gasteiger partial charge in [-0.1, -0.05) is 56.3 Å². The molecule has 0 fully saturated rings. The second kappa shape index (κ2) is 6.89. The van der Waals surface area contributed by atoms with E-state index in [0.717, 1.165) is 28.2 Å². The van der Waals surface area contributed by atoms with E-state index < -0.39 is 11.7 Å². The first-order valence-corrected chi connectivity index (χ1v) is 10.8. The molecule has 3 aromatic rings. The van der Waals surface area contributed by atoms with Gasteiger partial charge < -0.3 is 9.80 Å². The average Bonchev–Trinajstić information content (AvgIpc) is 3.11. The van der Waals surface area contributed by atoms with E-state index in [-0.39, 0.29) is 17.5 Å². The van der Waals surface area contributed by atoms with Crippen LogP contribution in [0, 0.1) is 12.8 Å². The number of alkyl halides is 3. The lowest BCUT2D eigenvalue weighted by Crippen LogP contribution is -2.54. The van der Waals surface area contributed by atoms with Gasteiger partial charge in [0.2, 0.25) is 0 Å². The third-order valence-corrected chi connectivity index (χ3v) is 7.29. The van der Waals surface area contributed by atoms with Gasteiger partial charge in [0.1, 0.15) is 6.17 Å². The van der Waals surface area contributed by atoms with E-state index in [0.29, 0.717) is 5.69 Å². The molecule has 2 aliphatic heterocycles. The largest absolute Gasteiger partial charge is 0.416 e. The highest BCUT2D eigenvalue weighted by Gasteiger charge is 2.52. The summed E-state index contributed by atoms with van der Waals surface area (Å²) in [6.07, 6.45) is -2.62. The Labute approximate surface area is 186 Å². The maximum Gasteiger partial charge on any atom is 0.416 e. The quantitative estimate of drug-likeness (QED) is 0.381. The molecule has 0 aromatic heterocycles. The maximum atomic E-state index is 13.7. The van der Waals surface area contributed by atoms with Crippen molar-refractivity contribution in [1.82, 2.24) is 0 Å². The Balaban J connectivity index is 1.83. The van der Waals surface area contributed by atoms with E-state index in [1.807, 2.05) is 49.4 Å². The van der Waals surface area contributed by atoms with Gasteiger partial charge in [0.15, 0.2) is 0 Å². The number of allylic oxidation sites excluding steroid dienone is 1. The minimum Gasteiger partial charge on any atom is -0.318 e. The minimum atomic E-state index is -4.41. The Morgan fingerprint density at radius 3 is 2.16 bits per heavy atom. The van der Waals surface area contributed by atoms with Gasteiger partial charge in [-0.2, -0.15) is 13.2 Å². The summed E-state index contributed by atoms with van der Waals surface area (Å²) in [5.41, 5.74) is 4.47.